The largest absolute Gasteiger partial charge is 0.476 e. The Bertz CT molecular complexity index is 4310. The summed E-state index contributed by atoms with van der Waals surface area (Å²) in [5.41, 5.74) is 19.8. The molecule has 21 heteroatoms. The summed E-state index contributed by atoms with van der Waals surface area (Å²) in [6.07, 6.45) is 12.3. The Kier molecular flexibility index (Phi) is 18.9. The van der Waals surface area contributed by atoms with Crippen LogP contribution in [0.15, 0.2) is 282 Å². The fourth-order valence-corrected chi connectivity index (χ4v) is 12.1. The molecule has 12 heterocycles. The molecule has 0 spiro atoms. The van der Waals surface area contributed by atoms with Gasteiger partial charge < -0.3 is 39.6 Å². The molecule has 0 unspecified atom stereocenters. The van der Waals surface area contributed by atoms with Crippen LogP contribution in [0.2, 0.25) is 0 Å². The summed E-state index contributed by atoms with van der Waals surface area (Å²) >= 11 is 0. The van der Waals surface area contributed by atoms with Gasteiger partial charge in [0.1, 0.15) is 29.2 Å². The van der Waals surface area contributed by atoms with E-state index in [2.05, 4.69) is 155 Å². The number of rotatable bonds is 4. The summed E-state index contributed by atoms with van der Waals surface area (Å²) in [7, 11) is 0. The van der Waals surface area contributed by atoms with Gasteiger partial charge in [0.05, 0.1) is 0 Å². The molecule has 4 radical (unpaired) electrons. The van der Waals surface area contributed by atoms with Crippen molar-refractivity contribution < 1.29 is 80.4 Å². The quantitative estimate of drug-likeness (QED) is 0.155. The van der Waals surface area contributed by atoms with E-state index in [0.717, 1.165) is 91.1 Å². The molecule has 0 aliphatic carbocycles. The minimum absolute atomic E-state index is 0. The van der Waals surface area contributed by atoms with Gasteiger partial charge in [-0.2, -0.15) is 117 Å². The van der Waals surface area contributed by atoms with Crippen LogP contribution >= 0.6 is 0 Å². The zero-order valence-corrected chi connectivity index (χ0v) is 59.7. The van der Waals surface area contributed by atoms with Gasteiger partial charge in [0.15, 0.2) is 0 Å². The molecule has 8 aromatic carbocycles. The van der Waals surface area contributed by atoms with E-state index >= 15 is 0 Å². The molecule has 476 valence electrons. The monoisotopic (exact) mass is 1960 g/mol. The van der Waals surface area contributed by atoms with E-state index in [1.165, 1.54) is 38.9 Å². The maximum atomic E-state index is 4.79. The third kappa shape index (κ3) is 11.7. The van der Waals surface area contributed by atoms with Crippen molar-refractivity contribution >= 4 is 69.2 Å². The first-order chi connectivity index (χ1) is 45.7. The van der Waals surface area contributed by atoms with Crippen LogP contribution in [0.3, 0.4) is 0 Å². The number of para-hydroxylation sites is 4. The van der Waals surface area contributed by atoms with Gasteiger partial charge >= 0.3 is 0 Å². The first kappa shape index (κ1) is 64.7. The van der Waals surface area contributed by atoms with Crippen LogP contribution in [0.25, 0.3) is 44.5 Å². The fourth-order valence-electron chi connectivity index (χ4n) is 12.1. The predicted octanol–water partition coefficient (Wildman–Crippen LogP) is 14.1. The Morgan fingerprint density at radius 2 is 0.615 bits per heavy atom. The van der Waals surface area contributed by atoms with Crippen molar-refractivity contribution in [2.75, 3.05) is 39.6 Å². The zero-order chi connectivity index (χ0) is 60.9. The van der Waals surface area contributed by atoms with E-state index in [1.54, 1.807) is 54.5 Å². The van der Waals surface area contributed by atoms with Crippen LogP contribution in [-0.2, 0) is 80.4 Å². The second kappa shape index (κ2) is 28.1. The minimum Gasteiger partial charge on any atom is -0.476 e. The molecule has 0 bridgehead atoms. The molecule has 8 aliphatic rings. The number of hydrogen-bond acceptors (Lipinski definition) is 17. The number of benzene rings is 8. The first-order valence-electron chi connectivity index (χ1n) is 29.7. The summed E-state index contributed by atoms with van der Waals surface area (Å²) < 4.78 is 0. The average molecular weight is 1960 g/mol. The number of hydrogen-bond donors (Lipinski definition) is 0. The van der Waals surface area contributed by atoms with Crippen molar-refractivity contribution in [2.24, 2.45) is 20.4 Å². The van der Waals surface area contributed by atoms with Crippen molar-refractivity contribution in [2.45, 2.75) is 0 Å². The van der Waals surface area contributed by atoms with E-state index in [-0.39, 0.29) is 80.4 Å². The van der Waals surface area contributed by atoms with Gasteiger partial charge in [-0.1, -0.05) is 148 Å². The third-order valence-corrected chi connectivity index (χ3v) is 16.2. The molecule has 20 rings (SSSR count). The van der Waals surface area contributed by atoms with Gasteiger partial charge in [-0.3, -0.25) is 9.97 Å². The number of hydrazone groups is 4. The molecule has 17 nitrogen and oxygen atoms in total. The van der Waals surface area contributed by atoms with Crippen LogP contribution < -0.4 is 39.6 Å². The van der Waals surface area contributed by atoms with E-state index in [1.807, 2.05) is 168 Å². The van der Waals surface area contributed by atoms with Crippen molar-refractivity contribution in [3.63, 3.8) is 0 Å². The number of fused-ring (bicyclic) bond motifs is 24. The number of nitrogens with zero attached hydrogens (tertiary/aromatic N) is 17. The Balaban J connectivity index is 0.000000114. The van der Waals surface area contributed by atoms with Crippen molar-refractivity contribution in [3.8, 4) is 44.5 Å². The Morgan fingerprint density at radius 3 is 1.02 bits per heavy atom. The van der Waals surface area contributed by atoms with Gasteiger partial charge in [-0.25, -0.2) is 15.0 Å². The van der Waals surface area contributed by atoms with Crippen LogP contribution in [-0.4, -0.2) is 48.3 Å². The molecule has 8 aliphatic heterocycles. The topological polar surface area (TPSA) is 140 Å². The number of aromatic nitrogens is 5. The maximum absolute atomic E-state index is 4.79. The van der Waals surface area contributed by atoms with E-state index in [4.69, 9.17) is 20.4 Å². The van der Waals surface area contributed by atoms with Gasteiger partial charge in [0, 0.05) is 157 Å². The number of anilines is 8. The molecule has 0 saturated heterocycles. The van der Waals surface area contributed by atoms with Crippen molar-refractivity contribution in [1.82, 2.24) is 24.9 Å². The number of amidine groups is 4. The molecule has 0 atom stereocenters. The Morgan fingerprint density at radius 1 is 0.260 bits per heavy atom. The summed E-state index contributed by atoms with van der Waals surface area (Å²) in [5, 5.41) is 26.3. The van der Waals surface area contributed by atoms with E-state index in [9.17, 15) is 0 Å². The Hall–Kier alpha value is -10.0. The Labute approximate surface area is 609 Å². The minimum atomic E-state index is 0. The van der Waals surface area contributed by atoms with Crippen LogP contribution in [0.4, 0.5) is 45.9 Å². The molecular formula is C75H47Ir4N17-8. The normalized spacial score (nSPS) is 14.2. The molecule has 4 aromatic heterocycles. The second-order valence-electron chi connectivity index (χ2n) is 21.6. The van der Waals surface area contributed by atoms with E-state index in [0.29, 0.717) is 5.95 Å². The first-order valence-corrected chi connectivity index (χ1v) is 29.7. The SMILES string of the molecule is [Ir].[Ir].[Ir].[Ir].[c-]1cccc2c1N1[CH-]N(c3ccccn3)N=C1c1ccccc1-2.[c-]1cccc2c1N1[CH-]N(c3cccnc3)N=C1c1ccccc1-2.[c-]1cccc2c1N1[CH-]N(c3ccncc3)N=C1c1ccccc1-2.[c-]1cccc2c1N1[CH-]N(c3ncccn3)N=C1c1ccccc1-2. The van der Waals surface area contributed by atoms with Gasteiger partial charge in [-0.15, -0.1) is 48.9 Å². The maximum Gasteiger partial charge on any atom is 0.216 e. The van der Waals surface area contributed by atoms with Crippen LogP contribution in [0, 0.1) is 50.9 Å². The number of pyridine rings is 3. The zero-order valence-electron chi connectivity index (χ0n) is 50.1. The molecule has 96 heavy (non-hydrogen) atoms. The third-order valence-electron chi connectivity index (χ3n) is 16.2. The summed E-state index contributed by atoms with van der Waals surface area (Å²) in [5.74, 6) is 4.95. The molecule has 0 saturated carbocycles. The van der Waals surface area contributed by atoms with Gasteiger partial charge in [0.2, 0.25) is 5.95 Å². The van der Waals surface area contributed by atoms with Crippen molar-refractivity contribution in [1.29, 1.82) is 0 Å². The second-order valence-corrected chi connectivity index (χ2v) is 21.6. The summed E-state index contributed by atoms with van der Waals surface area (Å²) in [6, 6.07) is 86.3. The molecule has 0 N–H and O–H groups in total. The standard InChI is InChI=1S/3C19H12N4.C18H11N5.4Ir/c1-2-9-17-15(7-1)16-8-3-4-10-18(16)22-13-23(21-19(17)22)14-6-5-11-20-12-14;1-2-9-16-14(7-1)15-8-3-4-10-17(15)22-13-23(21-19(16)22)18-11-5-6-12-20-18;1-2-7-17-15(5-1)16-6-3-4-8-18(16)22-13-23(21-19(17)22)14-9-11-20-12-10-14;1-2-8-15-13(6-1)14-7-3-4-9-16(14)22-12-23(21-17(15)22)18-19-10-5-11-20-18;;;;/h2*1-9,11-13H;1-7,9-13H;1-8,10-12H;;;;/q4*-2;;;;. The van der Waals surface area contributed by atoms with Crippen molar-refractivity contribution in [3.05, 3.63) is 335 Å². The summed E-state index contributed by atoms with van der Waals surface area (Å²) in [4.78, 5) is 29.5. The molecular weight excluding hydrogens is 1910 g/mol. The fraction of sp³-hybridized carbons (Fsp3) is 0. The van der Waals surface area contributed by atoms with E-state index < -0.39 is 0 Å². The molecule has 12 aromatic rings. The average Bonchev–Trinajstić information content (AvgIpc) is 1.55. The van der Waals surface area contributed by atoms with Crippen LogP contribution in [0.5, 0.6) is 0 Å². The smallest absolute Gasteiger partial charge is 0.216 e. The molecule has 0 fully saturated rings. The van der Waals surface area contributed by atoms with Gasteiger partial charge in [-0.05, 0) is 42.5 Å². The predicted molar refractivity (Wildman–Crippen MR) is 361 cm³/mol. The van der Waals surface area contributed by atoms with Gasteiger partial charge in [0.25, 0.3) is 0 Å². The summed E-state index contributed by atoms with van der Waals surface area (Å²) in [6.45, 7) is 7.84. The molecule has 0 amide bonds. The van der Waals surface area contributed by atoms with Crippen LogP contribution in [0.1, 0.15) is 22.3 Å².